The summed E-state index contributed by atoms with van der Waals surface area (Å²) in [4.78, 5) is 14.2. The van der Waals surface area contributed by atoms with Gasteiger partial charge in [-0.15, -0.1) is 5.10 Å². The van der Waals surface area contributed by atoms with Crippen molar-refractivity contribution in [2.45, 2.75) is 38.3 Å². The van der Waals surface area contributed by atoms with Crippen molar-refractivity contribution in [2.24, 2.45) is 0 Å². The largest absolute Gasteiger partial charge is 0.330 e. The molecule has 1 aromatic heterocycles. The van der Waals surface area contributed by atoms with Gasteiger partial charge < -0.3 is 4.90 Å². The molecule has 1 heterocycles. The van der Waals surface area contributed by atoms with Crippen LogP contribution in [0.2, 0.25) is 0 Å². The molecule has 0 atom stereocenters. The Hall–Kier alpha value is -1.89. The summed E-state index contributed by atoms with van der Waals surface area (Å²) < 4.78 is 31.0. The van der Waals surface area contributed by atoms with Crippen LogP contribution < -0.4 is 0 Å². The Kier molecular flexibility index (Phi) is 4.42. The number of halogens is 2. The topological polar surface area (TPSA) is 46.1 Å². The second kappa shape index (κ2) is 6.48. The van der Waals surface area contributed by atoms with Crippen LogP contribution in [0, 0.1) is 11.6 Å². The Bertz CT molecular complexity index is 657. The fourth-order valence-electron chi connectivity index (χ4n) is 2.84. The summed E-state index contributed by atoms with van der Waals surface area (Å²) in [7, 11) is 0. The van der Waals surface area contributed by atoms with E-state index in [0.717, 1.165) is 55.4 Å². The molecule has 1 amide bonds. The van der Waals surface area contributed by atoms with Crippen LogP contribution in [-0.4, -0.2) is 26.4 Å². The van der Waals surface area contributed by atoms with Crippen LogP contribution in [0.15, 0.2) is 23.6 Å². The van der Waals surface area contributed by atoms with Crippen LogP contribution in [0.5, 0.6) is 0 Å². The van der Waals surface area contributed by atoms with Crippen LogP contribution in [0.3, 0.4) is 0 Å². The number of carbonyl (C=O) groups excluding carboxylic acids is 1. The molecule has 1 aliphatic rings. The molecular formula is C15H15F2N3OS. The zero-order valence-corrected chi connectivity index (χ0v) is 12.7. The predicted molar refractivity (Wildman–Crippen MR) is 78.4 cm³/mol. The number of amides is 1. The molecule has 0 spiro atoms. The van der Waals surface area contributed by atoms with Crippen molar-refractivity contribution < 1.29 is 13.6 Å². The van der Waals surface area contributed by atoms with Gasteiger partial charge in [0.2, 0.25) is 0 Å². The van der Waals surface area contributed by atoms with Gasteiger partial charge in [0.05, 0.1) is 0 Å². The van der Waals surface area contributed by atoms with Crippen molar-refractivity contribution >= 4 is 17.4 Å². The number of benzene rings is 1. The van der Waals surface area contributed by atoms with Crippen molar-refractivity contribution in [3.05, 3.63) is 46.5 Å². The first-order valence-electron chi connectivity index (χ1n) is 7.17. The van der Waals surface area contributed by atoms with E-state index >= 15 is 0 Å². The Labute approximate surface area is 130 Å². The van der Waals surface area contributed by atoms with Gasteiger partial charge in [-0.3, -0.25) is 4.79 Å². The highest BCUT2D eigenvalue weighted by molar-refractivity contribution is 7.03. The van der Waals surface area contributed by atoms with Gasteiger partial charge in [0.1, 0.15) is 11.6 Å². The van der Waals surface area contributed by atoms with E-state index in [4.69, 9.17) is 0 Å². The maximum absolute atomic E-state index is 13.9. The highest BCUT2D eigenvalue weighted by atomic mass is 32.1. The minimum Gasteiger partial charge on any atom is -0.330 e. The molecule has 1 fully saturated rings. The molecule has 0 saturated heterocycles. The Balaban J connectivity index is 1.88. The number of hydrogen-bond donors (Lipinski definition) is 0. The molecule has 0 bridgehead atoms. The second-order valence-electron chi connectivity index (χ2n) is 5.40. The Morgan fingerprint density at radius 3 is 2.77 bits per heavy atom. The quantitative estimate of drug-likeness (QED) is 0.866. The van der Waals surface area contributed by atoms with Gasteiger partial charge >= 0.3 is 0 Å². The molecule has 0 unspecified atom stereocenters. The van der Waals surface area contributed by atoms with Gasteiger partial charge in [-0.2, -0.15) is 0 Å². The molecule has 1 aliphatic carbocycles. The van der Waals surface area contributed by atoms with Gasteiger partial charge in [0, 0.05) is 23.5 Å². The maximum Gasteiger partial charge on any atom is 0.275 e. The number of hydrogen-bond acceptors (Lipinski definition) is 4. The lowest BCUT2D eigenvalue weighted by Gasteiger charge is -2.28. The first-order chi connectivity index (χ1) is 10.6. The van der Waals surface area contributed by atoms with E-state index in [2.05, 4.69) is 9.59 Å². The summed E-state index contributed by atoms with van der Waals surface area (Å²) in [6, 6.07) is 3.35. The third-order valence-corrected chi connectivity index (χ3v) is 4.46. The molecule has 1 aromatic carbocycles. The number of carbonyl (C=O) groups is 1. The first kappa shape index (κ1) is 15.0. The van der Waals surface area contributed by atoms with Gasteiger partial charge in [-0.25, -0.2) is 8.78 Å². The van der Waals surface area contributed by atoms with Crippen LogP contribution >= 0.6 is 11.5 Å². The molecule has 3 rings (SSSR count). The van der Waals surface area contributed by atoms with Crippen molar-refractivity contribution in [1.82, 2.24) is 14.5 Å². The highest BCUT2D eigenvalue weighted by Crippen LogP contribution is 2.27. The van der Waals surface area contributed by atoms with Crippen LogP contribution in [0.4, 0.5) is 8.78 Å². The summed E-state index contributed by atoms with van der Waals surface area (Å²) >= 11 is 1.10. The predicted octanol–water partition coefficient (Wildman–Crippen LogP) is 3.40. The molecule has 1 saturated carbocycles. The summed E-state index contributed by atoms with van der Waals surface area (Å²) in [5.74, 6) is -1.29. The van der Waals surface area contributed by atoms with E-state index in [-0.39, 0.29) is 29.8 Å². The summed E-state index contributed by atoms with van der Waals surface area (Å²) in [5.41, 5.74) is 0.442. The minimum atomic E-state index is -0.509. The van der Waals surface area contributed by atoms with Crippen LogP contribution in [0.1, 0.15) is 41.7 Å². The zero-order valence-electron chi connectivity index (χ0n) is 11.8. The Morgan fingerprint density at radius 1 is 1.32 bits per heavy atom. The molecule has 22 heavy (non-hydrogen) atoms. The fourth-order valence-corrected chi connectivity index (χ4v) is 3.27. The molecule has 0 aliphatic heterocycles. The summed E-state index contributed by atoms with van der Waals surface area (Å²) in [6.07, 6.45) is 3.82. The molecule has 0 N–H and O–H groups in total. The van der Waals surface area contributed by atoms with E-state index in [1.54, 1.807) is 10.3 Å². The minimum absolute atomic E-state index is 0.0388. The van der Waals surface area contributed by atoms with E-state index in [1.807, 2.05) is 0 Å². The average molecular weight is 323 g/mol. The Morgan fingerprint density at radius 2 is 2.09 bits per heavy atom. The third-order valence-electron chi connectivity index (χ3n) is 3.95. The molecule has 7 heteroatoms. The van der Waals surface area contributed by atoms with Crippen molar-refractivity contribution in [3.63, 3.8) is 0 Å². The third kappa shape index (κ3) is 3.14. The smallest absolute Gasteiger partial charge is 0.275 e. The highest BCUT2D eigenvalue weighted by Gasteiger charge is 2.29. The van der Waals surface area contributed by atoms with Gasteiger partial charge in [-0.05, 0) is 42.6 Å². The SMILES string of the molecule is O=C(c1csnn1)N(Cc1cc(F)ccc1F)C1CCCC1. The van der Waals surface area contributed by atoms with Crippen LogP contribution in [0.25, 0.3) is 0 Å². The molecule has 0 radical (unpaired) electrons. The summed E-state index contributed by atoms with van der Waals surface area (Å²) in [6.45, 7) is 0.0462. The number of aromatic nitrogens is 2. The average Bonchev–Trinajstić information content (AvgIpc) is 3.20. The number of rotatable bonds is 4. The monoisotopic (exact) mass is 323 g/mol. The van der Waals surface area contributed by atoms with E-state index in [9.17, 15) is 13.6 Å². The molecular weight excluding hydrogens is 308 g/mol. The molecule has 116 valence electrons. The van der Waals surface area contributed by atoms with Crippen LogP contribution in [-0.2, 0) is 6.54 Å². The lowest BCUT2D eigenvalue weighted by Crippen LogP contribution is -2.38. The van der Waals surface area contributed by atoms with Crippen molar-refractivity contribution in [3.8, 4) is 0 Å². The van der Waals surface area contributed by atoms with Gasteiger partial charge in [0.15, 0.2) is 5.69 Å². The standard InChI is InChI=1S/C15H15F2N3OS/c16-11-5-6-13(17)10(7-11)8-20(12-3-1-2-4-12)15(21)14-9-22-19-18-14/h5-7,9,12H,1-4,8H2. The van der Waals surface area contributed by atoms with E-state index in [1.165, 1.54) is 0 Å². The van der Waals surface area contributed by atoms with Crippen molar-refractivity contribution in [1.29, 1.82) is 0 Å². The van der Waals surface area contributed by atoms with E-state index < -0.39 is 11.6 Å². The normalized spacial score (nSPS) is 15.2. The van der Waals surface area contributed by atoms with Crippen molar-refractivity contribution in [2.75, 3.05) is 0 Å². The molecule has 2 aromatic rings. The molecule has 4 nitrogen and oxygen atoms in total. The lowest BCUT2D eigenvalue weighted by molar-refractivity contribution is 0.0656. The van der Waals surface area contributed by atoms with Gasteiger partial charge in [0.25, 0.3) is 5.91 Å². The zero-order chi connectivity index (χ0) is 15.5. The number of nitrogens with zero attached hydrogens (tertiary/aromatic N) is 3. The maximum atomic E-state index is 13.9. The lowest BCUT2D eigenvalue weighted by atomic mass is 10.1. The van der Waals surface area contributed by atoms with E-state index in [0.29, 0.717) is 0 Å². The fraction of sp³-hybridized carbons (Fsp3) is 0.400. The second-order valence-corrected chi connectivity index (χ2v) is 6.01. The summed E-state index contributed by atoms with van der Waals surface area (Å²) in [5, 5.41) is 5.38. The van der Waals surface area contributed by atoms with Gasteiger partial charge in [-0.1, -0.05) is 17.3 Å². The first-order valence-corrected chi connectivity index (χ1v) is 8.01.